The summed E-state index contributed by atoms with van der Waals surface area (Å²) in [6.45, 7) is 5.61. The second-order valence-corrected chi connectivity index (χ2v) is 3.98. The predicted molar refractivity (Wildman–Crippen MR) is 57.0 cm³/mol. The van der Waals surface area contributed by atoms with Crippen LogP contribution in [0.2, 0.25) is 0 Å². The second kappa shape index (κ2) is 5.84. The highest BCUT2D eigenvalue weighted by atomic mass is 16.5. The zero-order valence-electron chi connectivity index (χ0n) is 9.05. The van der Waals surface area contributed by atoms with Crippen LogP contribution >= 0.6 is 0 Å². The Bertz CT molecular complexity index is 200. The molecule has 0 amide bonds. The third-order valence-corrected chi connectivity index (χ3v) is 2.79. The maximum Gasteiger partial charge on any atom is 0.333 e. The first-order chi connectivity index (χ1) is 6.74. The van der Waals surface area contributed by atoms with Crippen molar-refractivity contribution in [2.24, 2.45) is 0 Å². The van der Waals surface area contributed by atoms with E-state index in [1.165, 1.54) is 25.7 Å². The van der Waals surface area contributed by atoms with Gasteiger partial charge < -0.3 is 4.74 Å². The summed E-state index contributed by atoms with van der Waals surface area (Å²) in [7, 11) is 0. The van der Waals surface area contributed by atoms with E-state index >= 15 is 0 Å². The normalized spacial score (nSPS) is 18.6. The molecule has 80 valence electrons. The van der Waals surface area contributed by atoms with Crippen molar-refractivity contribution in [2.75, 3.05) is 0 Å². The highest BCUT2D eigenvalue weighted by Crippen LogP contribution is 2.20. The van der Waals surface area contributed by atoms with Crippen LogP contribution in [-0.2, 0) is 9.53 Å². The molecule has 1 aliphatic carbocycles. The fourth-order valence-corrected chi connectivity index (χ4v) is 1.74. The molecule has 1 rings (SSSR count). The molecule has 0 aromatic heterocycles. The molecule has 1 aliphatic rings. The Morgan fingerprint density at radius 2 is 1.86 bits per heavy atom. The van der Waals surface area contributed by atoms with Crippen LogP contribution in [0.4, 0.5) is 0 Å². The molecule has 0 bridgehead atoms. The van der Waals surface area contributed by atoms with Crippen molar-refractivity contribution in [1.29, 1.82) is 0 Å². The first kappa shape index (κ1) is 11.3. The van der Waals surface area contributed by atoms with E-state index in [-0.39, 0.29) is 12.1 Å². The molecular formula is C12H20O2. The fourth-order valence-electron chi connectivity index (χ4n) is 1.74. The van der Waals surface area contributed by atoms with Crippen LogP contribution < -0.4 is 0 Å². The summed E-state index contributed by atoms with van der Waals surface area (Å²) in [5.74, 6) is -0.195. The van der Waals surface area contributed by atoms with Gasteiger partial charge in [-0.25, -0.2) is 4.79 Å². The average Bonchev–Trinajstić information content (AvgIpc) is 2.45. The molecule has 1 fully saturated rings. The molecule has 0 atom stereocenters. The lowest BCUT2D eigenvalue weighted by Gasteiger charge is -2.15. The van der Waals surface area contributed by atoms with Crippen LogP contribution in [0.1, 0.15) is 51.9 Å². The molecule has 0 saturated heterocycles. The van der Waals surface area contributed by atoms with Gasteiger partial charge in [-0.1, -0.05) is 26.3 Å². The molecule has 0 aromatic carbocycles. The smallest absolute Gasteiger partial charge is 0.333 e. The molecule has 0 spiro atoms. The SMILES string of the molecule is C=C(CC)C(=O)OC1CCCCCC1. The number of hydrogen-bond donors (Lipinski definition) is 0. The van der Waals surface area contributed by atoms with Crippen LogP contribution in [0.25, 0.3) is 0 Å². The zero-order chi connectivity index (χ0) is 10.4. The fraction of sp³-hybridized carbons (Fsp3) is 0.750. The number of carbonyl (C=O) groups excluding carboxylic acids is 1. The first-order valence-electron chi connectivity index (χ1n) is 5.62. The van der Waals surface area contributed by atoms with Gasteiger partial charge >= 0.3 is 5.97 Å². The number of carbonyl (C=O) groups is 1. The van der Waals surface area contributed by atoms with Gasteiger partial charge in [-0.15, -0.1) is 0 Å². The molecule has 0 aliphatic heterocycles. The monoisotopic (exact) mass is 196 g/mol. The molecule has 14 heavy (non-hydrogen) atoms. The predicted octanol–water partition coefficient (Wildman–Crippen LogP) is 3.22. The van der Waals surface area contributed by atoms with Crippen molar-refractivity contribution >= 4 is 5.97 Å². The summed E-state index contributed by atoms with van der Waals surface area (Å²) in [4.78, 5) is 11.4. The summed E-state index contributed by atoms with van der Waals surface area (Å²) in [6, 6.07) is 0. The quantitative estimate of drug-likeness (QED) is 0.393. The van der Waals surface area contributed by atoms with Gasteiger partial charge in [0.15, 0.2) is 0 Å². The molecule has 1 saturated carbocycles. The third-order valence-electron chi connectivity index (χ3n) is 2.79. The summed E-state index contributed by atoms with van der Waals surface area (Å²) >= 11 is 0. The largest absolute Gasteiger partial charge is 0.459 e. The van der Waals surface area contributed by atoms with Gasteiger partial charge in [0.25, 0.3) is 0 Å². The standard InChI is InChI=1S/C12H20O2/c1-3-10(2)12(13)14-11-8-6-4-5-7-9-11/h11H,2-9H2,1H3. The van der Waals surface area contributed by atoms with Crippen LogP contribution in [0, 0.1) is 0 Å². The van der Waals surface area contributed by atoms with E-state index in [0.717, 1.165) is 12.8 Å². The molecule has 0 heterocycles. The van der Waals surface area contributed by atoms with Crippen LogP contribution in [0.15, 0.2) is 12.2 Å². The minimum absolute atomic E-state index is 0.147. The molecule has 2 heteroatoms. The van der Waals surface area contributed by atoms with E-state index in [1.807, 2.05) is 6.92 Å². The molecule has 0 N–H and O–H groups in total. The molecule has 0 unspecified atom stereocenters. The molecular weight excluding hydrogens is 176 g/mol. The molecule has 0 aromatic rings. The minimum atomic E-state index is -0.195. The van der Waals surface area contributed by atoms with Gasteiger partial charge in [-0.2, -0.15) is 0 Å². The van der Waals surface area contributed by atoms with Crippen molar-refractivity contribution < 1.29 is 9.53 Å². The Kier molecular flexibility index (Phi) is 4.71. The Morgan fingerprint density at radius 3 is 2.36 bits per heavy atom. The van der Waals surface area contributed by atoms with Crippen molar-refractivity contribution in [1.82, 2.24) is 0 Å². The Balaban J connectivity index is 2.34. The summed E-state index contributed by atoms with van der Waals surface area (Å²) in [5.41, 5.74) is 0.592. The third kappa shape index (κ3) is 3.52. The number of hydrogen-bond acceptors (Lipinski definition) is 2. The van der Waals surface area contributed by atoms with Gasteiger partial charge in [0.05, 0.1) is 0 Å². The van der Waals surface area contributed by atoms with Crippen molar-refractivity contribution in [3.05, 3.63) is 12.2 Å². The van der Waals surface area contributed by atoms with Crippen molar-refractivity contribution in [2.45, 2.75) is 58.0 Å². The lowest BCUT2D eigenvalue weighted by molar-refractivity contribution is -0.144. The summed E-state index contributed by atoms with van der Waals surface area (Å²) in [5, 5.41) is 0. The maximum atomic E-state index is 11.4. The molecule has 2 nitrogen and oxygen atoms in total. The first-order valence-corrected chi connectivity index (χ1v) is 5.62. The zero-order valence-corrected chi connectivity index (χ0v) is 9.05. The topological polar surface area (TPSA) is 26.3 Å². The maximum absolute atomic E-state index is 11.4. The highest BCUT2D eigenvalue weighted by Gasteiger charge is 2.17. The lowest BCUT2D eigenvalue weighted by atomic mass is 10.1. The van der Waals surface area contributed by atoms with E-state index in [2.05, 4.69) is 6.58 Å². The highest BCUT2D eigenvalue weighted by molar-refractivity contribution is 5.87. The summed E-state index contributed by atoms with van der Waals surface area (Å²) < 4.78 is 5.39. The van der Waals surface area contributed by atoms with Crippen LogP contribution in [0.3, 0.4) is 0 Å². The lowest BCUT2D eigenvalue weighted by Crippen LogP contribution is -2.18. The van der Waals surface area contributed by atoms with Crippen LogP contribution in [0.5, 0.6) is 0 Å². The summed E-state index contributed by atoms with van der Waals surface area (Å²) in [6.07, 6.45) is 7.84. The van der Waals surface area contributed by atoms with E-state index in [0.29, 0.717) is 12.0 Å². The van der Waals surface area contributed by atoms with Crippen molar-refractivity contribution in [3.8, 4) is 0 Å². The van der Waals surface area contributed by atoms with E-state index in [4.69, 9.17) is 4.74 Å². The molecule has 0 radical (unpaired) electrons. The average molecular weight is 196 g/mol. The van der Waals surface area contributed by atoms with Gasteiger partial charge in [0.1, 0.15) is 6.10 Å². The van der Waals surface area contributed by atoms with Crippen molar-refractivity contribution in [3.63, 3.8) is 0 Å². The Morgan fingerprint density at radius 1 is 1.29 bits per heavy atom. The number of rotatable bonds is 3. The van der Waals surface area contributed by atoms with Gasteiger partial charge in [0.2, 0.25) is 0 Å². The Hall–Kier alpha value is -0.790. The number of ether oxygens (including phenoxy) is 1. The second-order valence-electron chi connectivity index (χ2n) is 3.98. The Labute approximate surface area is 86.3 Å². The van der Waals surface area contributed by atoms with Crippen LogP contribution in [-0.4, -0.2) is 12.1 Å². The van der Waals surface area contributed by atoms with E-state index < -0.39 is 0 Å². The van der Waals surface area contributed by atoms with E-state index in [9.17, 15) is 4.79 Å². The van der Waals surface area contributed by atoms with Gasteiger partial charge in [0, 0.05) is 5.57 Å². The van der Waals surface area contributed by atoms with Gasteiger partial charge in [-0.05, 0) is 32.1 Å². The minimum Gasteiger partial charge on any atom is -0.459 e. The van der Waals surface area contributed by atoms with E-state index in [1.54, 1.807) is 0 Å². The number of esters is 1. The van der Waals surface area contributed by atoms with Gasteiger partial charge in [-0.3, -0.25) is 0 Å².